The van der Waals surface area contributed by atoms with Crippen LogP contribution in [0.25, 0.3) is 6.08 Å². The predicted octanol–water partition coefficient (Wildman–Crippen LogP) is 2.14. The van der Waals surface area contributed by atoms with Crippen LogP contribution in [-0.4, -0.2) is 25.0 Å². The molecule has 0 aliphatic heterocycles. The van der Waals surface area contributed by atoms with Crippen LogP contribution in [0.3, 0.4) is 0 Å². The zero-order chi connectivity index (χ0) is 16.3. The van der Waals surface area contributed by atoms with E-state index in [0.29, 0.717) is 11.3 Å². The summed E-state index contributed by atoms with van der Waals surface area (Å²) < 4.78 is 28.8. The summed E-state index contributed by atoms with van der Waals surface area (Å²) in [6.45, 7) is 7.03. The molecule has 1 aromatic carbocycles. The monoisotopic (exact) mass is 312 g/mol. The zero-order valence-corrected chi connectivity index (χ0v) is 13.3. The number of carbonyl (C=O) groups is 1. The topological polar surface area (TPSA) is 95.5 Å². The van der Waals surface area contributed by atoms with E-state index < -0.39 is 21.7 Å². The Balaban J connectivity index is 3.00. The summed E-state index contributed by atoms with van der Waals surface area (Å²) >= 11 is 0. The van der Waals surface area contributed by atoms with Crippen molar-refractivity contribution in [3.63, 3.8) is 0 Å². The molecule has 0 saturated heterocycles. The van der Waals surface area contributed by atoms with Crippen LogP contribution in [0.1, 0.15) is 31.9 Å². The van der Waals surface area contributed by atoms with Crippen LogP contribution in [0, 0.1) is 6.92 Å². The fourth-order valence-corrected chi connectivity index (χ4v) is 2.92. The fourth-order valence-electron chi connectivity index (χ4n) is 1.63. The third kappa shape index (κ3) is 6.42. The molecule has 0 aliphatic rings. The van der Waals surface area contributed by atoms with Crippen molar-refractivity contribution in [3.05, 3.63) is 35.4 Å². The predicted molar refractivity (Wildman–Crippen MR) is 83.3 cm³/mol. The van der Waals surface area contributed by atoms with E-state index in [1.165, 1.54) is 6.08 Å². The van der Waals surface area contributed by atoms with Crippen LogP contribution in [0.15, 0.2) is 24.3 Å². The molecule has 6 nitrogen and oxygen atoms in total. The molecular weight excluding hydrogens is 292 g/mol. The zero-order valence-electron chi connectivity index (χ0n) is 12.5. The third-order valence-corrected chi connectivity index (χ3v) is 3.76. The van der Waals surface area contributed by atoms with Crippen molar-refractivity contribution in [2.45, 2.75) is 33.2 Å². The van der Waals surface area contributed by atoms with Crippen LogP contribution in [0.4, 0.5) is 5.69 Å². The summed E-state index contributed by atoms with van der Waals surface area (Å²) in [7, 11) is -3.69. The van der Waals surface area contributed by atoms with Crippen molar-refractivity contribution in [3.8, 4) is 0 Å². The molecule has 0 atom stereocenters. The number of aliphatic carboxylic acids is 1. The Kier molecular flexibility index (Phi) is 5.14. The Morgan fingerprint density at radius 3 is 2.43 bits per heavy atom. The Hall–Kier alpha value is -1.86. The molecule has 0 saturated carbocycles. The van der Waals surface area contributed by atoms with Crippen molar-refractivity contribution < 1.29 is 18.3 Å². The molecule has 0 fully saturated rings. The van der Waals surface area contributed by atoms with E-state index >= 15 is 0 Å². The van der Waals surface area contributed by atoms with E-state index in [-0.39, 0.29) is 0 Å². The SMILES string of the molecule is Cc1ccc(NS(=O)(=O)NC(C)(C)C)cc1/C=C/C(=O)O. The molecule has 0 bridgehead atoms. The fraction of sp³-hybridized carbons (Fsp3) is 0.357. The standard InChI is InChI=1S/C14H20N2O4S/c1-10-5-7-12(9-11(10)6-8-13(17)18)15-21(19,20)16-14(2,3)4/h5-9,15-16H,1-4H3,(H,17,18)/b8-6+. The number of anilines is 1. The van der Waals surface area contributed by atoms with E-state index in [4.69, 9.17) is 5.11 Å². The number of hydrogen-bond acceptors (Lipinski definition) is 3. The van der Waals surface area contributed by atoms with Gasteiger partial charge in [-0.1, -0.05) is 6.07 Å². The van der Waals surface area contributed by atoms with Gasteiger partial charge in [0.15, 0.2) is 0 Å². The van der Waals surface area contributed by atoms with Crippen molar-refractivity contribution >= 4 is 27.9 Å². The van der Waals surface area contributed by atoms with Crippen molar-refractivity contribution in [1.29, 1.82) is 0 Å². The summed E-state index contributed by atoms with van der Waals surface area (Å²) in [5.74, 6) is -1.06. The van der Waals surface area contributed by atoms with Gasteiger partial charge in [-0.25, -0.2) is 4.79 Å². The first kappa shape index (κ1) is 17.2. The van der Waals surface area contributed by atoms with Gasteiger partial charge in [0, 0.05) is 11.6 Å². The first-order valence-corrected chi connectivity index (χ1v) is 7.80. The third-order valence-electron chi connectivity index (χ3n) is 2.38. The quantitative estimate of drug-likeness (QED) is 0.726. The Bertz CT molecular complexity index is 658. The highest BCUT2D eigenvalue weighted by Crippen LogP contribution is 2.18. The average Bonchev–Trinajstić information content (AvgIpc) is 2.26. The van der Waals surface area contributed by atoms with E-state index in [1.807, 2.05) is 6.92 Å². The van der Waals surface area contributed by atoms with Crippen molar-refractivity contribution in [2.24, 2.45) is 0 Å². The van der Waals surface area contributed by atoms with Gasteiger partial charge < -0.3 is 5.11 Å². The van der Waals surface area contributed by atoms with Gasteiger partial charge in [0.25, 0.3) is 10.2 Å². The molecule has 0 heterocycles. The van der Waals surface area contributed by atoms with Crippen molar-refractivity contribution in [1.82, 2.24) is 4.72 Å². The normalized spacial score (nSPS) is 12.6. The highest BCUT2D eigenvalue weighted by molar-refractivity contribution is 7.90. The van der Waals surface area contributed by atoms with Gasteiger partial charge in [-0.15, -0.1) is 0 Å². The number of carboxylic acids is 1. The summed E-state index contributed by atoms with van der Waals surface area (Å²) in [5.41, 5.74) is 1.25. The molecule has 0 amide bonds. The highest BCUT2D eigenvalue weighted by atomic mass is 32.2. The van der Waals surface area contributed by atoms with E-state index in [2.05, 4.69) is 9.44 Å². The minimum absolute atomic E-state index is 0.363. The molecular formula is C14H20N2O4S. The van der Waals surface area contributed by atoms with Gasteiger partial charge in [-0.05, 0) is 57.0 Å². The summed E-state index contributed by atoms with van der Waals surface area (Å²) in [5, 5.41) is 8.64. The van der Waals surface area contributed by atoms with Gasteiger partial charge in [-0.2, -0.15) is 13.1 Å². The molecule has 0 aromatic heterocycles. The largest absolute Gasteiger partial charge is 0.478 e. The molecule has 0 unspecified atom stereocenters. The number of nitrogens with one attached hydrogen (secondary N) is 2. The second kappa shape index (κ2) is 6.28. The lowest BCUT2D eigenvalue weighted by atomic mass is 10.1. The lowest BCUT2D eigenvalue weighted by Crippen LogP contribution is -2.43. The maximum atomic E-state index is 11.9. The molecule has 1 aromatic rings. The molecule has 3 N–H and O–H groups in total. The smallest absolute Gasteiger partial charge is 0.328 e. The van der Waals surface area contributed by atoms with E-state index in [9.17, 15) is 13.2 Å². The first-order valence-electron chi connectivity index (χ1n) is 6.32. The molecule has 0 aliphatic carbocycles. The molecule has 0 radical (unpaired) electrons. The number of aryl methyl sites for hydroxylation is 1. The van der Waals surface area contributed by atoms with Crippen LogP contribution < -0.4 is 9.44 Å². The second-order valence-electron chi connectivity index (χ2n) is 5.70. The van der Waals surface area contributed by atoms with Crippen LogP contribution in [0.5, 0.6) is 0 Å². The van der Waals surface area contributed by atoms with Gasteiger partial charge in [0.2, 0.25) is 0 Å². The lowest BCUT2D eigenvalue weighted by Gasteiger charge is -2.21. The molecule has 116 valence electrons. The highest BCUT2D eigenvalue weighted by Gasteiger charge is 2.19. The van der Waals surface area contributed by atoms with Crippen LogP contribution in [0.2, 0.25) is 0 Å². The number of hydrogen-bond donors (Lipinski definition) is 3. The minimum atomic E-state index is -3.69. The number of benzene rings is 1. The number of carboxylic acid groups (broad SMARTS) is 1. The van der Waals surface area contributed by atoms with Gasteiger partial charge in [0.05, 0.1) is 5.69 Å². The molecule has 0 spiro atoms. The van der Waals surface area contributed by atoms with Crippen LogP contribution >= 0.6 is 0 Å². The molecule has 7 heteroatoms. The minimum Gasteiger partial charge on any atom is -0.478 e. The van der Waals surface area contributed by atoms with Gasteiger partial charge >= 0.3 is 5.97 Å². The molecule has 21 heavy (non-hydrogen) atoms. The Labute approximate surface area is 125 Å². The maximum absolute atomic E-state index is 11.9. The van der Waals surface area contributed by atoms with Crippen LogP contribution in [-0.2, 0) is 15.0 Å². The Morgan fingerprint density at radius 2 is 1.90 bits per heavy atom. The summed E-state index contributed by atoms with van der Waals surface area (Å²) in [6.07, 6.45) is 2.43. The number of rotatable bonds is 5. The van der Waals surface area contributed by atoms with E-state index in [0.717, 1.165) is 11.6 Å². The maximum Gasteiger partial charge on any atom is 0.328 e. The summed E-state index contributed by atoms with van der Waals surface area (Å²) in [6, 6.07) is 4.92. The Morgan fingerprint density at radius 1 is 1.29 bits per heavy atom. The average molecular weight is 312 g/mol. The van der Waals surface area contributed by atoms with Gasteiger partial charge in [-0.3, -0.25) is 4.72 Å². The summed E-state index contributed by atoms with van der Waals surface area (Å²) in [4.78, 5) is 10.5. The molecule has 1 rings (SSSR count). The second-order valence-corrected chi connectivity index (χ2v) is 7.12. The van der Waals surface area contributed by atoms with Crippen molar-refractivity contribution in [2.75, 3.05) is 4.72 Å². The van der Waals surface area contributed by atoms with Gasteiger partial charge in [0.1, 0.15) is 0 Å². The lowest BCUT2D eigenvalue weighted by molar-refractivity contribution is -0.131. The van der Waals surface area contributed by atoms with E-state index in [1.54, 1.807) is 39.0 Å². The first-order chi connectivity index (χ1) is 9.48.